The normalized spacial score (nSPS) is 54.8. The summed E-state index contributed by atoms with van der Waals surface area (Å²) in [6, 6.07) is 1.21. The summed E-state index contributed by atoms with van der Waals surface area (Å²) in [5.74, 6) is 4.05. The van der Waals surface area contributed by atoms with Crippen LogP contribution in [0.1, 0.15) is 71.6 Å². The average Bonchev–Trinajstić information content (AvgIpc) is 2.82. The zero-order chi connectivity index (χ0) is 14.8. The fourth-order valence-electron chi connectivity index (χ4n) is 7.52. The summed E-state index contributed by atoms with van der Waals surface area (Å²) < 4.78 is 0. The van der Waals surface area contributed by atoms with Crippen LogP contribution in [-0.2, 0) is 0 Å². The first kappa shape index (κ1) is 19.8. The second-order valence-corrected chi connectivity index (χ2v) is 9.70. The molecular formula is C19H36Cl2N2. The van der Waals surface area contributed by atoms with Crippen LogP contribution >= 0.6 is 0 Å². The van der Waals surface area contributed by atoms with Crippen LogP contribution in [0.4, 0.5) is 0 Å². The molecule has 0 saturated heterocycles. The fourth-order valence-corrected chi connectivity index (χ4v) is 7.52. The van der Waals surface area contributed by atoms with Gasteiger partial charge in [0, 0.05) is 12.8 Å². The molecule has 4 saturated carbocycles. The van der Waals surface area contributed by atoms with Gasteiger partial charge in [0.2, 0.25) is 0 Å². The van der Waals surface area contributed by atoms with E-state index in [0.717, 1.165) is 23.7 Å². The molecule has 2 nitrogen and oxygen atoms in total. The molecule has 8 atom stereocenters. The molecule has 0 bridgehead atoms. The maximum atomic E-state index is 4.47. The highest BCUT2D eigenvalue weighted by atomic mass is 35.5. The van der Waals surface area contributed by atoms with E-state index in [1.165, 1.54) is 57.8 Å². The van der Waals surface area contributed by atoms with E-state index in [1.807, 2.05) is 0 Å². The number of quaternary nitrogens is 2. The van der Waals surface area contributed by atoms with Crippen LogP contribution in [0.5, 0.6) is 0 Å². The second-order valence-electron chi connectivity index (χ2n) is 9.70. The monoisotopic (exact) mass is 362 g/mol. The Morgan fingerprint density at radius 2 is 1.57 bits per heavy atom. The van der Waals surface area contributed by atoms with Gasteiger partial charge in [0.05, 0.1) is 0 Å². The molecule has 0 aromatic rings. The minimum Gasteiger partial charge on any atom is -1.00 e. The van der Waals surface area contributed by atoms with E-state index >= 15 is 0 Å². The molecule has 0 aromatic heterocycles. The largest absolute Gasteiger partial charge is 1.00 e. The molecule has 4 aliphatic rings. The minimum atomic E-state index is 0. The van der Waals surface area contributed by atoms with Crippen molar-refractivity contribution >= 4 is 0 Å². The molecular weight excluding hydrogens is 327 g/mol. The molecule has 0 amide bonds. The van der Waals surface area contributed by atoms with E-state index in [9.17, 15) is 0 Å². The van der Waals surface area contributed by atoms with E-state index in [2.05, 4.69) is 25.3 Å². The second kappa shape index (κ2) is 6.67. The number of fused-ring (bicyclic) bond motifs is 5. The topological polar surface area (TPSA) is 55.3 Å². The minimum absolute atomic E-state index is 0. The molecule has 0 spiro atoms. The molecule has 0 radical (unpaired) electrons. The van der Waals surface area contributed by atoms with Crippen LogP contribution in [0.25, 0.3) is 0 Å². The Morgan fingerprint density at radius 1 is 0.826 bits per heavy atom. The lowest BCUT2D eigenvalue weighted by Gasteiger charge is -2.60. The number of halogens is 2. The summed E-state index contributed by atoms with van der Waals surface area (Å²) in [6.07, 6.45) is 13.3. The summed E-state index contributed by atoms with van der Waals surface area (Å²) in [4.78, 5) is 0. The molecule has 23 heavy (non-hydrogen) atoms. The van der Waals surface area contributed by atoms with Crippen molar-refractivity contribution in [3.05, 3.63) is 0 Å². The van der Waals surface area contributed by atoms with Crippen molar-refractivity contribution in [2.24, 2.45) is 34.5 Å². The summed E-state index contributed by atoms with van der Waals surface area (Å²) in [7, 11) is 0. The van der Waals surface area contributed by atoms with Gasteiger partial charge < -0.3 is 36.3 Å². The number of hydrogen-bond acceptors (Lipinski definition) is 0. The average molecular weight is 363 g/mol. The first-order valence-electron chi connectivity index (χ1n) is 9.60. The highest BCUT2D eigenvalue weighted by Gasteiger charge is 2.59. The molecule has 4 fully saturated rings. The first-order valence-corrected chi connectivity index (χ1v) is 9.60. The predicted octanol–water partition coefficient (Wildman–Crippen LogP) is -3.74. The van der Waals surface area contributed by atoms with E-state index in [-0.39, 0.29) is 24.8 Å². The van der Waals surface area contributed by atoms with Crippen molar-refractivity contribution in [2.75, 3.05) is 0 Å². The van der Waals surface area contributed by atoms with Crippen LogP contribution in [-0.4, -0.2) is 12.1 Å². The van der Waals surface area contributed by atoms with Crippen LogP contribution in [0.15, 0.2) is 0 Å². The van der Waals surface area contributed by atoms with E-state index in [0.29, 0.717) is 22.9 Å². The summed E-state index contributed by atoms with van der Waals surface area (Å²) in [5, 5.41) is 0. The van der Waals surface area contributed by atoms with Gasteiger partial charge in [-0.25, -0.2) is 0 Å². The van der Waals surface area contributed by atoms with Crippen molar-refractivity contribution < 1.29 is 36.3 Å². The maximum Gasteiger partial charge on any atom is 0.137 e. The number of hydrogen-bond donors (Lipinski definition) is 2. The van der Waals surface area contributed by atoms with Crippen molar-refractivity contribution in [1.82, 2.24) is 0 Å². The third-order valence-corrected chi connectivity index (χ3v) is 8.80. The van der Waals surface area contributed by atoms with Crippen LogP contribution in [0.3, 0.4) is 0 Å². The van der Waals surface area contributed by atoms with Gasteiger partial charge in [-0.1, -0.05) is 20.3 Å². The lowest BCUT2D eigenvalue weighted by molar-refractivity contribution is -0.543. The zero-order valence-corrected chi connectivity index (χ0v) is 16.5. The van der Waals surface area contributed by atoms with E-state index in [1.54, 1.807) is 0 Å². The molecule has 0 aliphatic heterocycles. The SMILES string of the molecule is C[C@@]12CCC[C@H]1[C@@H]1CC[C@H]3C[C@H]([NH3+])[C@H]([NH3+])C[C@]3(C)[C@H]1CC2.[Cl-].[Cl-]. The Bertz CT molecular complexity index is 432. The number of rotatable bonds is 0. The zero-order valence-electron chi connectivity index (χ0n) is 15.0. The molecule has 4 rings (SSSR count). The Balaban J connectivity index is 0.000000960. The van der Waals surface area contributed by atoms with Gasteiger partial charge in [0.15, 0.2) is 0 Å². The van der Waals surface area contributed by atoms with Crippen molar-refractivity contribution in [1.29, 1.82) is 0 Å². The van der Waals surface area contributed by atoms with Crippen molar-refractivity contribution in [3.63, 3.8) is 0 Å². The van der Waals surface area contributed by atoms with E-state index < -0.39 is 0 Å². The van der Waals surface area contributed by atoms with E-state index in [4.69, 9.17) is 0 Å². The summed E-state index contributed by atoms with van der Waals surface area (Å²) >= 11 is 0. The first-order chi connectivity index (χ1) is 9.94. The van der Waals surface area contributed by atoms with Gasteiger partial charge in [0.25, 0.3) is 0 Å². The standard InChI is InChI=1S/C19H34N2.2ClH/c1-18-8-3-4-14(18)13-6-5-12-10-16(20)17(21)11-19(12,2)15(13)7-9-18;;/h12-17H,3-11,20-21H2,1-2H3;2*1H/t12-,13-,14-,15-,16-,17+,18-,19-;;/m0../s1. The van der Waals surface area contributed by atoms with Gasteiger partial charge in [-0.2, -0.15) is 0 Å². The third-order valence-electron chi connectivity index (χ3n) is 8.80. The fraction of sp³-hybridized carbons (Fsp3) is 1.00. The Morgan fingerprint density at radius 3 is 2.30 bits per heavy atom. The van der Waals surface area contributed by atoms with Gasteiger partial charge in [-0.15, -0.1) is 0 Å². The third kappa shape index (κ3) is 2.86. The molecule has 0 heterocycles. The predicted molar refractivity (Wildman–Crippen MR) is 85.1 cm³/mol. The van der Waals surface area contributed by atoms with Gasteiger partial charge in [0.1, 0.15) is 12.1 Å². The molecule has 0 aromatic carbocycles. The lowest BCUT2D eigenvalue weighted by atomic mass is 9.44. The molecule has 136 valence electrons. The molecule has 4 aliphatic carbocycles. The lowest BCUT2D eigenvalue weighted by Crippen LogP contribution is -3.00. The Kier molecular flexibility index (Phi) is 5.74. The molecule has 0 unspecified atom stereocenters. The van der Waals surface area contributed by atoms with Crippen LogP contribution in [0.2, 0.25) is 0 Å². The van der Waals surface area contributed by atoms with Crippen molar-refractivity contribution in [3.8, 4) is 0 Å². The van der Waals surface area contributed by atoms with Crippen molar-refractivity contribution in [2.45, 2.75) is 83.7 Å². The smallest absolute Gasteiger partial charge is 0.137 e. The highest BCUT2D eigenvalue weighted by molar-refractivity contribution is 5.08. The summed E-state index contributed by atoms with van der Waals surface area (Å²) in [5.41, 5.74) is 10.2. The van der Waals surface area contributed by atoms with Gasteiger partial charge >= 0.3 is 0 Å². The molecule has 4 heteroatoms. The van der Waals surface area contributed by atoms with Crippen LogP contribution < -0.4 is 36.3 Å². The van der Waals surface area contributed by atoms with Crippen LogP contribution in [0, 0.1) is 34.5 Å². The van der Waals surface area contributed by atoms with Gasteiger partial charge in [-0.3, -0.25) is 0 Å². The highest BCUT2D eigenvalue weighted by Crippen LogP contribution is 2.65. The summed E-state index contributed by atoms with van der Waals surface area (Å²) in [6.45, 7) is 5.27. The molecule has 6 N–H and O–H groups in total. The quantitative estimate of drug-likeness (QED) is 0.445. The maximum absolute atomic E-state index is 4.47. The van der Waals surface area contributed by atoms with Gasteiger partial charge in [-0.05, 0) is 73.0 Å². The Hall–Kier alpha value is 0.500. The Labute approximate surface area is 154 Å².